The van der Waals surface area contributed by atoms with Gasteiger partial charge >= 0.3 is 0 Å². The molecule has 0 aromatic carbocycles. The van der Waals surface area contributed by atoms with Crippen LogP contribution in [0.2, 0.25) is 0 Å². The molecule has 0 aliphatic carbocycles. The lowest BCUT2D eigenvalue weighted by Crippen LogP contribution is -2.55. The molecular formula is C16H24N4O2. The lowest BCUT2D eigenvalue weighted by atomic mass is 9.94. The Hall–Kier alpha value is -2.11. The summed E-state index contributed by atoms with van der Waals surface area (Å²) in [6.45, 7) is 4.42. The Morgan fingerprint density at radius 1 is 1.41 bits per heavy atom. The van der Waals surface area contributed by atoms with Gasteiger partial charge in [0.05, 0.1) is 0 Å². The van der Waals surface area contributed by atoms with Crippen LogP contribution < -0.4 is 10.6 Å². The zero-order valence-corrected chi connectivity index (χ0v) is 13.4. The minimum absolute atomic E-state index is 0.0346. The molecule has 2 unspecified atom stereocenters. The van der Waals surface area contributed by atoms with Gasteiger partial charge in [-0.15, -0.1) is 0 Å². The van der Waals surface area contributed by atoms with Crippen molar-refractivity contribution < 1.29 is 9.59 Å². The molecule has 120 valence electrons. The number of nitrogens with zero attached hydrogens (tertiary/aromatic N) is 3. The Kier molecular flexibility index (Phi) is 5.00. The van der Waals surface area contributed by atoms with E-state index in [9.17, 15) is 9.59 Å². The van der Waals surface area contributed by atoms with Crippen LogP contribution >= 0.6 is 0 Å². The minimum atomic E-state index is -0.434. The number of carbonyl (C=O) groups is 2. The van der Waals surface area contributed by atoms with Crippen molar-refractivity contribution in [1.29, 1.82) is 0 Å². The number of hydrogen-bond acceptors (Lipinski definition) is 4. The molecule has 2 rings (SSSR count). The van der Waals surface area contributed by atoms with Gasteiger partial charge in [0.25, 0.3) is 0 Å². The normalized spacial score (nSPS) is 21.7. The number of carbonyl (C=O) groups excluding carboxylic acids is 2. The summed E-state index contributed by atoms with van der Waals surface area (Å²) in [6, 6.07) is 5.20. The second-order valence-corrected chi connectivity index (χ2v) is 6.08. The van der Waals surface area contributed by atoms with E-state index < -0.39 is 6.04 Å². The number of amides is 2. The van der Waals surface area contributed by atoms with E-state index in [1.54, 1.807) is 11.1 Å². The van der Waals surface area contributed by atoms with Crippen LogP contribution in [0, 0.1) is 5.92 Å². The van der Waals surface area contributed by atoms with E-state index in [0.29, 0.717) is 13.0 Å². The van der Waals surface area contributed by atoms with Gasteiger partial charge in [-0.05, 0) is 25.0 Å². The lowest BCUT2D eigenvalue weighted by molar-refractivity contribution is -0.136. The van der Waals surface area contributed by atoms with Crippen LogP contribution in [-0.2, 0) is 9.59 Å². The SMILES string of the molecule is CC(C)C(=O)N(C)C1CCN(c2ccccn2)C(C(N)=O)C1. The fraction of sp³-hybridized carbons (Fsp3) is 0.562. The first-order valence-electron chi connectivity index (χ1n) is 7.65. The fourth-order valence-corrected chi connectivity index (χ4v) is 2.95. The topological polar surface area (TPSA) is 79.5 Å². The molecule has 2 atom stereocenters. The highest BCUT2D eigenvalue weighted by Crippen LogP contribution is 2.26. The molecule has 0 spiro atoms. The molecule has 0 saturated carbocycles. The number of nitrogens with two attached hydrogens (primary N) is 1. The van der Waals surface area contributed by atoms with Crippen LogP contribution in [0.1, 0.15) is 26.7 Å². The van der Waals surface area contributed by atoms with Gasteiger partial charge in [-0.25, -0.2) is 4.98 Å². The maximum Gasteiger partial charge on any atom is 0.240 e. The first-order valence-corrected chi connectivity index (χ1v) is 7.65. The largest absolute Gasteiger partial charge is 0.368 e. The van der Waals surface area contributed by atoms with Crippen LogP contribution in [0.4, 0.5) is 5.82 Å². The summed E-state index contributed by atoms with van der Waals surface area (Å²) in [6.07, 6.45) is 3.05. The predicted molar refractivity (Wildman–Crippen MR) is 85.2 cm³/mol. The summed E-state index contributed by atoms with van der Waals surface area (Å²) in [4.78, 5) is 32.0. The molecule has 1 aromatic rings. The lowest BCUT2D eigenvalue weighted by Gasteiger charge is -2.42. The molecule has 1 fully saturated rings. The Morgan fingerprint density at radius 3 is 2.68 bits per heavy atom. The number of pyridine rings is 1. The third-order valence-corrected chi connectivity index (χ3v) is 4.24. The third kappa shape index (κ3) is 3.37. The highest BCUT2D eigenvalue weighted by Gasteiger charge is 2.36. The highest BCUT2D eigenvalue weighted by molar-refractivity contribution is 5.84. The maximum absolute atomic E-state index is 12.2. The van der Waals surface area contributed by atoms with Gasteiger partial charge in [-0.1, -0.05) is 19.9 Å². The van der Waals surface area contributed by atoms with Gasteiger partial charge < -0.3 is 15.5 Å². The molecule has 22 heavy (non-hydrogen) atoms. The zero-order valence-electron chi connectivity index (χ0n) is 13.4. The molecular weight excluding hydrogens is 280 g/mol. The molecule has 2 N–H and O–H groups in total. The average molecular weight is 304 g/mol. The van der Waals surface area contributed by atoms with Gasteiger partial charge in [0.1, 0.15) is 11.9 Å². The number of aromatic nitrogens is 1. The molecule has 2 amide bonds. The van der Waals surface area contributed by atoms with Crippen molar-refractivity contribution in [3.8, 4) is 0 Å². The van der Waals surface area contributed by atoms with Crippen LogP contribution in [0.15, 0.2) is 24.4 Å². The Bertz CT molecular complexity index is 532. The van der Waals surface area contributed by atoms with E-state index in [2.05, 4.69) is 4.98 Å². The van der Waals surface area contributed by atoms with Crippen molar-refractivity contribution in [2.75, 3.05) is 18.5 Å². The van der Waals surface area contributed by atoms with Crippen molar-refractivity contribution in [2.45, 2.75) is 38.8 Å². The molecule has 1 aliphatic heterocycles. The van der Waals surface area contributed by atoms with Crippen LogP contribution in [0.5, 0.6) is 0 Å². The van der Waals surface area contributed by atoms with E-state index in [1.807, 2.05) is 44.0 Å². The summed E-state index contributed by atoms with van der Waals surface area (Å²) < 4.78 is 0. The Morgan fingerprint density at radius 2 is 2.14 bits per heavy atom. The van der Waals surface area contributed by atoms with Gasteiger partial charge in [-0.2, -0.15) is 0 Å². The van der Waals surface area contributed by atoms with Crippen LogP contribution in [0.25, 0.3) is 0 Å². The summed E-state index contributed by atoms with van der Waals surface area (Å²) >= 11 is 0. The molecule has 1 aromatic heterocycles. The van der Waals surface area contributed by atoms with E-state index in [0.717, 1.165) is 12.2 Å². The summed E-state index contributed by atoms with van der Waals surface area (Å²) in [5.41, 5.74) is 5.58. The van der Waals surface area contributed by atoms with E-state index in [1.165, 1.54) is 0 Å². The zero-order chi connectivity index (χ0) is 16.3. The van der Waals surface area contributed by atoms with E-state index in [-0.39, 0.29) is 23.8 Å². The monoisotopic (exact) mass is 304 g/mol. The summed E-state index contributed by atoms with van der Waals surface area (Å²) in [7, 11) is 1.81. The van der Waals surface area contributed by atoms with Crippen LogP contribution in [0.3, 0.4) is 0 Å². The summed E-state index contributed by atoms with van der Waals surface area (Å²) in [5.74, 6) is 0.425. The van der Waals surface area contributed by atoms with Gasteiger partial charge in [0.15, 0.2) is 0 Å². The molecule has 1 aliphatic rings. The molecule has 2 heterocycles. The fourth-order valence-electron chi connectivity index (χ4n) is 2.95. The minimum Gasteiger partial charge on any atom is -0.368 e. The number of hydrogen-bond donors (Lipinski definition) is 1. The van der Waals surface area contributed by atoms with Crippen molar-refractivity contribution >= 4 is 17.6 Å². The highest BCUT2D eigenvalue weighted by atomic mass is 16.2. The Balaban J connectivity index is 2.15. The first kappa shape index (κ1) is 16.3. The van der Waals surface area contributed by atoms with Crippen molar-refractivity contribution in [1.82, 2.24) is 9.88 Å². The first-order chi connectivity index (χ1) is 10.4. The summed E-state index contributed by atoms with van der Waals surface area (Å²) in [5, 5.41) is 0. The van der Waals surface area contributed by atoms with Gasteiger partial charge in [-0.3, -0.25) is 9.59 Å². The molecule has 1 saturated heterocycles. The molecule has 0 bridgehead atoms. The van der Waals surface area contributed by atoms with Crippen molar-refractivity contribution in [3.63, 3.8) is 0 Å². The van der Waals surface area contributed by atoms with Crippen molar-refractivity contribution in [3.05, 3.63) is 24.4 Å². The third-order valence-electron chi connectivity index (χ3n) is 4.24. The standard InChI is InChI=1S/C16H24N4O2/c1-11(2)16(22)19(3)12-7-9-20(13(10-12)15(17)21)14-6-4-5-8-18-14/h4-6,8,11-13H,7,9-10H2,1-3H3,(H2,17,21). The predicted octanol–water partition coefficient (Wildman–Crippen LogP) is 1.02. The molecule has 6 nitrogen and oxygen atoms in total. The second kappa shape index (κ2) is 6.77. The molecule has 0 radical (unpaired) electrons. The average Bonchev–Trinajstić information content (AvgIpc) is 2.53. The number of primary amides is 1. The number of rotatable bonds is 4. The molecule has 6 heteroatoms. The van der Waals surface area contributed by atoms with Crippen LogP contribution in [-0.4, -0.2) is 47.4 Å². The van der Waals surface area contributed by atoms with E-state index in [4.69, 9.17) is 5.73 Å². The van der Waals surface area contributed by atoms with Gasteiger partial charge in [0, 0.05) is 31.7 Å². The number of anilines is 1. The smallest absolute Gasteiger partial charge is 0.240 e. The quantitative estimate of drug-likeness (QED) is 0.900. The van der Waals surface area contributed by atoms with Gasteiger partial charge in [0.2, 0.25) is 11.8 Å². The second-order valence-electron chi connectivity index (χ2n) is 6.08. The maximum atomic E-state index is 12.2. The van der Waals surface area contributed by atoms with Crippen molar-refractivity contribution in [2.24, 2.45) is 11.7 Å². The Labute approximate surface area is 131 Å². The number of piperidine rings is 1. The van der Waals surface area contributed by atoms with E-state index >= 15 is 0 Å².